The van der Waals surface area contributed by atoms with Gasteiger partial charge in [0.05, 0.1) is 11.2 Å². The zero-order valence-electron chi connectivity index (χ0n) is 11.6. The Morgan fingerprint density at radius 3 is 3.05 bits per heavy atom. The minimum atomic E-state index is 0.527. The molecule has 0 saturated heterocycles. The maximum absolute atomic E-state index is 4.70. The van der Waals surface area contributed by atoms with Crippen LogP contribution < -0.4 is 0 Å². The number of nitrogens with zero attached hydrogens (tertiary/aromatic N) is 3. The van der Waals surface area contributed by atoms with Gasteiger partial charge in [-0.15, -0.1) is 0 Å². The summed E-state index contributed by atoms with van der Waals surface area (Å²) in [6.45, 7) is 4.46. The van der Waals surface area contributed by atoms with Gasteiger partial charge in [0.15, 0.2) is 0 Å². The van der Waals surface area contributed by atoms with Crippen molar-refractivity contribution in [3.63, 3.8) is 0 Å². The van der Waals surface area contributed by atoms with Crippen molar-refractivity contribution in [3.05, 3.63) is 36.5 Å². The van der Waals surface area contributed by atoms with Crippen molar-refractivity contribution in [3.8, 4) is 0 Å². The van der Waals surface area contributed by atoms with Crippen molar-refractivity contribution in [1.29, 1.82) is 0 Å². The smallest absolute Gasteiger partial charge is 0.0958 e. The lowest BCUT2D eigenvalue weighted by Gasteiger charge is -2.12. The molecular weight excluding hydrogens is 246 g/mol. The van der Waals surface area contributed by atoms with Gasteiger partial charge < -0.3 is 4.99 Å². The van der Waals surface area contributed by atoms with Gasteiger partial charge >= 0.3 is 0 Å². The van der Waals surface area contributed by atoms with Crippen LogP contribution in [0, 0.1) is 11.8 Å². The number of hydrogen-bond donors (Lipinski definition) is 0. The summed E-state index contributed by atoms with van der Waals surface area (Å²) in [5, 5.41) is 1.14. The van der Waals surface area contributed by atoms with Gasteiger partial charge in [-0.3, -0.25) is 9.98 Å². The fraction of sp³-hybridized carbons (Fsp3) is 0.353. The molecule has 1 aromatic carbocycles. The van der Waals surface area contributed by atoms with E-state index in [1.54, 1.807) is 0 Å². The number of aromatic nitrogens is 1. The third-order valence-electron chi connectivity index (χ3n) is 4.10. The first-order chi connectivity index (χ1) is 9.88. The van der Waals surface area contributed by atoms with Crippen LogP contribution in [0.25, 0.3) is 10.9 Å². The van der Waals surface area contributed by atoms with Crippen molar-refractivity contribution < 1.29 is 0 Å². The van der Waals surface area contributed by atoms with Crippen LogP contribution in [0.1, 0.15) is 19.3 Å². The molecule has 0 radical (unpaired) electrons. The fourth-order valence-electron chi connectivity index (χ4n) is 3.02. The molecule has 0 aliphatic heterocycles. The summed E-state index contributed by atoms with van der Waals surface area (Å²) < 4.78 is 0. The third-order valence-corrected chi connectivity index (χ3v) is 4.10. The van der Waals surface area contributed by atoms with Gasteiger partial charge in [-0.05, 0) is 43.5 Å². The Labute approximate surface area is 119 Å². The van der Waals surface area contributed by atoms with Gasteiger partial charge in [-0.2, -0.15) is 0 Å². The van der Waals surface area contributed by atoms with Gasteiger partial charge in [-0.25, -0.2) is 0 Å². The maximum atomic E-state index is 4.70. The molecule has 0 spiro atoms. The second kappa shape index (κ2) is 5.95. The lowest BCUT2D eigenvalue weighted by Crippen LogP contribution is -2.12. The molecule has 20 heavy (non-hydrogen) atoms. The first kappa shape index (κ1) is 13.0. The molecule has 1 aromatic heterocycles. The maximum Gasteiger partial charge on any atom is 0.0958 e. The van der Waals surface area contributed by atoms with E-state index >= 15 is 0 Å². The van der Waals surface area contributed by atoms with Crippen LogP contribution in [0.3, 0.4) is 0 Å². The van der Waals surface area contributed by atoms with Gasteiger partial charge in [0, 0.05) is 24.3 Å². The standard InChI is InChI=1S/C17H19N3/c1-18-11-14-6-2-7-15(14)12-20-16-9-3-5-13-8-4-10-19-17(13)16/h3-5,8-10,12,14-15H,1-2,6-7,11H2. The van der Waals surface area contributed by atoms with Crippen LogP contribution in [0.4, 0.5) is 5.69 Å². The van der Waals surface area contributed by atoms with Crippen molar-refractivity contribution in [2.75, 3.05) is 6.54 Å². The van der Waals surface area contributed by atoms with E-state index in [1.165, 1.54) is 19.3 Å². The predicted octanol–water partition coefficient (Wildman–Crippen LogP) is 4.05. The van der Waals surface area contributed by atoms with Gasteiger partial charge in [0.1, 0.15) is 0 Å². The molecule has 0 amide bonds. The molecule has 1 heterocycles. The Morgan fingerprint density at radius 1 is 1.25 bits per heavy atom. The number of fused-ring (bicyclic) bond motifs is 1. The summed E-state index contributed by atoms with van der Waals surface area (Å²) in [5.41, 5.74) is 1.93. The van der Waals surface area contributed by atoms with E-state index in [0.717, 1.165) is 23.1 Å². The largest absolute Gasteiger partial charge is 0.301 e. The molecule has 1 fully saturated rings. The van der Waals surface area contributed by atoms with Crippen LogP contribution in [0.2, 0.25) is 0 Å². The second-order valence-corrected chi connectivity index (χ2v) is 5.39. The molecule has 1 aliphatic rings. The minimum absolute atomic E-state index is 0.527. The molecule has 3 rings (SSSR count). The average molecular weight is 265 g/mol. The van der Waals surface area contributed by atoms with E-state index < -0.39 is 0 Å². The zero-order chi connectivity index (χ0) is 13.8. The van der Waals surface area contributed by atoms with Gasteiger partial charge in [0.25, 0.3) is 0 Å². The predicted molar refractivity (Wildman–Crippen MR) is 85.1 cm³/mol. The normalized spacial score (nSPS) is 22.6. The number of pyridine rings is 1. The Bertz CT molecular complexity index is 628. The second-order valence-electron chi connectivity index (χ2n) is 5.39. The molecule has 3 heteroatoms. The molecule has 2 aromatic rings. The number of benzene rings is 1. The van der Waals surface area contributed by atoms with Crippen LogP contribution in [-0.4, -0.2) is 24.5 Å². The molecule has 1 saturated carbocycles. The van der Waals surface area contributed by atoms with E-state index in [0.29, 0.717) is 11.8 Å². The number of rotatable bonds is 4. The quantitative estimate of drug-likeness (QED) is 0.768. The van der Waals surface area contributed by atoms with E-state index in [2.05, 4.69) is 35.0 Å². The Kier molecular flexibility index (Phi) is 3.86. The highest BCUT2D eigenvalue weighted by atomic mass is 14.8. The molecule has 2 unspecified atom stereocenters. The minimum Gasteiger partial charge on any atom is -0.301 e. The van der Waals surface area contributed by atoms with Crippen molar-refractivity contribution in [1.82, 2.24) is 4.98 Å². The summed E-state index contributed by atoms with van der Waals surface area (Å²) in [5.74, 6) is 1.14. The van der Waals surface area contributed by atoms with E-state index in [-0.39, 0.29) is 0 Å². The van der Waals surface area contributed by atoms with Crippen molar-refractivity contribution in [2.24, 2.45) is 21.8 Å². The first-order valence-corrected chi connectivity index (χ1v) is 7.19. The van der Waals surface area contributed by atoms with Gasteiger partial charge in [-0.1, -0.05) is 24.6 Å². The highest BCUT2D eigenvalue weighted by Crippen LogP contribution is 2.32. The Hall–Kier alpha value is -2.03. The van der Waals surface area contributed by atoms with Crippen molar-refractivity contribution in [2.45, 2.75) is 19.3 Å². The van der Waals surface area contributed by atoms with Crippen LogP contribution in [0.5, 0.6) is 0 Å². The fourth-order valence-corrected chi connectivity index (χ4v) is 3.02. The number of para-hydroxylation sites is 1. The molecule has 2 atom stereocenters. The molecule has 1 aliphatic carbocycles. The molecule has 102 valence electrons. The average Bonchev–Trinajstić information content (AvgIpc) is 2.93. The monoisotopic (exact) mass is 265 g/mol. The highest BCUT2D eigenvalue weighted by molar-refractivity contribution is 5.90. The molecule has 3 nitrogen and oxygen atoms in total. The summed E-state index contributed by atoms with van der Waals surface area (Å²) >= 11 is 0. The lowest BCUT2D eigenvalue weighted by molar-refractivity contribution is 0.502. The van der Waals surface area contributed by atoms with E-state index in [1.807, 2.05) is 24.4 Å². The van der Waals surface area contributed by atoms with Crippen LogP contribution >= 0.6 is 0 Å². The Morgan fingerprint density at radius 2 is 2.15 bits per heavy atom. The SMILES string of the molecule is C=NCC1CCCC1C=Nc1cccc2cccnc12. The summed E-state index contributed by atoms with van der Waals surface area (Å²) in [6.07, 6.45) is 7.64. The zero-order valence-corrected chi connectivity index (χ0v) is 11.6. The van der Waals surface area contributed by atoms with Gasteiger partial charge in [0.2, 0.25) is 0 Å². The lowest BCUT2D eigenvalue weighted by atomic mass is 9.97. The van der Waals surface area contributed by atoms with Crippen LogP contribution in [0.15, 0.2) is 46.5 Å². The topological polar surface area (TPSA) is 37.6 Å². The summed E-state index contributed by atoms with van der Waals surface area (Å²) in [6, 6.07) is 10.2. The first-order valence-electron chi connectivity index (χ1n) is 7.19. The summed E-state index contributed by atoms with van der Waals surface area (Å²) in [4.78, 5) is 13.2. The number of hydrogen-bond acceptors (Lipinski definition) is 3. The number of aliphatic imine (C=N–C) groups is 2. The molecule has 0 bridgehead atoms. The van der Waals surface area contributed by atoms with E-state index in [9.17, 15) is 0 Å². The summed E-state index contributed by atoms with van der Waals surface area (Å²) in [7, 11) is 0. The molecular formula is C17H19N3. The molecule has 0 N–H and O–H groups in total. The van der Waals surface area contributed by atoms with Crippen molar-refractivity contribution >= 4 is 29.5 Å². The highest BCUT2D eigenvalue weighted by Gasteiger charge is 2.25. The van der Waals surface area contributed by atoms with E-state index in [4.69, 9.17) is 4.99 Å². The Balaban J connectivity index is 1.85. The third kappa shape index (κ3) is 2.62. The van der Waals surface area contributed by atoms with Crippen LogP contribution in [-0.2, 0) is 0 Å².